The molecule has 4 aromatic rings. The van der Waals surface area contributed by atoms with Crippen molar-refractivity contribution in [3.63, 3.8) is 0 Å². The number of pyridine rings is 1. The maximum absolute atomic E-state index is 15.0. The first kappa shape index (κ1) is 19.8. The molecular formula is C24H28FN7. The molecule has 1 saturated heterocycles. The average molecular weight is 434 g/mol. The van der Waals surface area contributed by atoms with E-state index in [2.05, 4.69) is 25.1 Å². The van der Waals surface area contributed by atoms with Crippen LogP contribution in [0.2, 0.25) is 0 Å². The lowest BCUT2D eigenvalue weighted by Gasteiger charge is -2.36. The van der Waals surface area contributed by atoms with Crippen LogP contribution in [0.1, 0.15) is 55.1 Å². The van der Waals surface area contributed by atoms with Gasteiger partial charge in [-0.3, -0.25) is 0 Å². The fraction of sp³-hybridized carbons (Fsp3) is 0.500. The molecule has 1 aliphatic carbocycles. The van der Waals surface area contributed by atoms with Gasteiger partial charge in [-0.1, -0.05) is 6.42 Å². The van der Waals surface area contributed by atoms with Gasteiger partial charge in [0.2, 0.25) is 0 Å². The Bertz CT molecular complexity index is 1290. The van der Waals surface area contributed by atoms with E-state index in [-0.39, 0.29) is 11.5 Å². The minimum Gasteiger partial charge on any atom is -0.303 e. The number of piperidine rings is 1. The number of hydrogen-bond donors (Lipinski definition) is 0. The first-order valence-electron chi connectivity index (χ1n) is 11.7. The molecule has 1 aliphatic heterocycles. The summed E-state index contributed by atoms with van der Waals surface area (Å²) in [4.78, 5) is 11.7. The lowest BCUT2D eigenvalue weighted by molar-refractivity contribution is 0.145. The Hall–Kier alpha value is -2.87. The van der Waals surface area contributed by atoms with Crippen molar-refractivity contribution in [2.75, 3.05) is 19.6 Å². The van der Waals surface area contributed by atoms with Crippen LogP contribution in [0.5, 0.6) is 0 Å². The zero-order valence-electron chi connectivity index (χ0n) is 18.6. The quantitative estimate of drug-likeness (QED) is 0.483. The molecule has 4 aromatic heterocycles. The Morgan fingerprint density at radius 1 is 0.938 bits per heavy atom. The zero-order valence-corrected chi connectivity index (χ0v) is 18.6. The van der Waals surface area contributed by atoms with Crippen molar-refractivity contribution < 1.29 is 4.39 Å². The topological polar surface area (TPSA) is 63.6 Å². The number of nitrogens with zero attached hydrogens (tertiary/aromatic N) is 7. The van der Waals surface area contributed by atoms with Crippen molar-refractivity contribution >= 4 is 11.3 Å². The third-order valence-electron chi connectivity index (χ3n) is 7.12. The minimum atomic E-state index is -0.370. The molecule has 0 aromatic carbocycles. The number of hydrogen-bond acceptors (Lipinski definition) is 5. The summed E-state index contributed by atoms with van der Waals surface area (Å²) in [6.07, 6.45) is 9.95. The molecule has 1 saturated carbocycles. The number of halogens is 1. The summed E-state index contributed by atoms with van der Waals surface area (Å²) in [5.74, 6) is 1.58. The van der Waals surface area contributed by atoms with Gasteiger partial charge in [-0.05, 0) is 76.2 Å². The van der Waals surface area contributed by atoms with E-state index in [1.165, 1.54) is 31.9 Å². The predicted molar refractivity (Wildman–Crippen MR) is 120 cm³/mol. The Morgan fingerprint density at radius 3 is 2.47 bits per heavy atom. The van der Waals surface area contributed by atoms with Gasteiger partial charge in [-0.2, -0.15) is 10.2 Å². The third-order valence-corrected chi connectivity index (χ3v) is 7.12. The number of rotatable bonds is 4. The van der Waals surface area contributed by atoms with Crippen LogP contribution in [-0.4, -0.2) is 53.7 Å². The van der Waals surface area contributed by atoms with Crippen molar-refractivity contribution in [2.24, 2.45) is 5.92 Å². The fourth-order valence-electron chi connectivity index (χ4n) is 5.08. The van der Waals surface area contributed by atoms with Crippen molar-refractivity contribution in [2.45, 2.75) is 51.9 Å². The minimum absolute atomic E-state index is 0.289. The molecule has 0 atom stereocenters. The van der Waals surface area contributed by atoms with E-state index in [0.29, 0.717) is 17.2 Å². The number of aromatic nitrogens is 6. The Balaban J connectivity index is 1.27. The van der Waals surface area contributed by atoms with E-state index >= 15 is 4.39 Å². The van der Waals surface area contributed by atoms with Crippen LogP contribution in [0, 0.1) is 25.6 Å². The molecule has 2 fully saturated rings. The second-order valence-corrected chi connectivity index (χ2v) is 9.55. The standard InChI is InChI=1S/C24H28FN7/c1-15-10-21(28-31-12-16(2)26-23(15)31)19-11-20(25)24-27-22(29-32(24)14-19)18-6-8-30(9-7-18)13-17-4-3-5-17/h10-12,14,17-18H,3-9,13H2,1-2H3. The van der Waals surface area contributed by atoms with Crippen molar-refractivity contribution in [3.8, 4) is 11.3 Å². The summed E-state index contributed by atoms with van der Waals surface area (Å²) < 4.78 is 18.3. The molecule has 0 spiro atoms. The Kier molecular flexibility index (Phi) is 4.71. The van der Waals surface area contributed by atoms with Gasteiger partial charge in [0.05, 0.1) is 17.6 Å². The first-order valence-corrected chi connectivity index (χ1v) is 11.7. The van der Waals surface area contributed by atoms with Crippen LogP contribution in [0.25, 0.3) is 22.6 Å². The smallest absolute Gasteiger partial charge is 0.191 e. The maximum Gasteiger partial charge on any atom is 0.191 e. The van der Waals surface area contributed by atoms with Gasteiger partial charge >= 0.3 is 0 Å². The molecule has 6 rings (SSSR count). The average Bonchev–Trinajstić information content (AvgIpc) is 3.35. The lowest BCUT2D eigenvalue weighted by Crippen LogP contribution is -2.38. The number of fused-ring (bicyclic) bond motifs is 2. The Labute approximate surface area is 186 Å². The highest BCUT2D eigenvalue weighted by molar-refractivity contribution is 5.64. The second-order valence-electron chi connectivity index (χ2n) is 9.55. The molecule has 0 bridgehead atoms. The van der Waals surface area contributed by atoms with E-state index in [1.807, 2.05) is 32.3 Å². The summed E-state index contributed by atoms with van der Waals surface area (Å²) in [5, 5.41) is 9.32. The fourth-order valence-corrected chi connectivity index (χ4v) is 5.08. The highest BCUT2D eigenvalue weighted by Crippen LogP contribution is 2.31. The SMILES string of the molecule is Cc1cn2nc(-c3cc(F)c4nc(C5CCN(CC6CCC6)CC5)nn4c3)cc(C)c2n1. The van der Waals surface area contributed by atoms with Gasteiger partial charge in [-0.25, -0.2) is 23.4 Å². The second kappa shape index (κ2) is 7.62. The highest BCUT2D eigenvalue weighted by atomic mass is 19.1. The van der Waals surface area contributed by atoms with Gasteiger partial charge < -0.3 is 4.90 Å². The van der Waals surface area contributed by atoms with E-state index < -0.39 is 0 Å². The summed E-state index contributed by atoms with van der Waals surface area (Å²) in [5.41, 5.74) is 4.37. The molecule has 0 unspecified atom stereocenters. The van der Waals surface area contributed by atoms with Gasteiger partial charge in [-0.15, -0.1) is 0 Å². The summed E-state index contributed by atoms with van der Waals surface area (Å²) >= 11 is 0. The van der Waals surface area contributed by atoms with Crippen LogP contribution in [0.4, 0.5) is 4.39 Å². The summed E-state index contributed by atoms with van der Waals surface area (Å²) in [6.45, 7) is 7.33. The molecule has 32 heavy (non-hydrogen) atoms. The van der Waals surface area contributed by atoms with Gasteiger partial charge in [0.25, 0.3) is 0 Å². The van der Waals surface area contributed by atoms with Crippen molar-refractivity contribution in [3.05, 3.63) is 47.4 Å². The van der Waals surface area contributed by atoms with E-state index in [4.69, 9.17) is 0 Å². The Morgan fingerprint density at radius 2 is 1.72 bits per heavy atom. The molecule has 2 aliphatic rings. The monoisotopic (exact) mass is 433 g/mol. The maximum atomic E-state index is 15.0. The largest absolute Gasteiger partial charge is 0.303 e. The van der Waals surface area contributed by atoms with Crippen LogP contribution >= 0.6 is 0 Å². The number of aryl methyl sites for hydroxylation is 2. The molecule has 5 heterocycles. The van der Waals surface area contributed by atoms with Crippen molar-refractivity contribution in [1.29, 1.82) is 0 Å². The normalized spacial score (nSPS) is 18.6. The van der Waals surface area contributed by atoms with Gasteiger partial charge in [0.1, 0.15) is 0 Å². The molecule has 0 radical (unpaired) electrons. The molecule has 166 valence electrons. The number of likely N-dealkylation sites (tertiary alicyclic amines) is 1. The predicted octanol–water partition coefficient (Wildman–Crippen LogP) is 4.17. The van der Waals surface area contributed by atoms with Gasteiger partial charge in [0.15, 0.2) is 22.9 Å². The highest BCUT2D eigenvalue weighted by Gasteiger charge is 2.27. The van der Waals surface area contributed by atoms with Crippen LogP contribution in [0.3, 0.4) is 0 Å². The first-order chi connectivity index (χ1) is 15.5. The van der Waals surface area contributed by atoms with Crippen LogP contribution in [-0.2, 0) is 0 Å². The molecule has 0 amide bonds. The molecule has 8 heteroatoms. The molecule has 7 nitrogen and oxygen atoms in total. The van der Waals surface area contributed by atoms with E-state index in [9.17, 15) is 0 Å². The molecule has 0 N–H and O–H groups in total. The summed E-state index contributed by atoms with van der Waals surface area (Å²) in [6, 6.07) is 3.45. The van der Waals surface area contributed by atoms with E-state index in [1.54, 1.807) is 9.03 Å². The summed E-state index contributed by atoms with van der Waals surface area (Å²) in [7, 11) is 0. The van der Waals surface area contributed by atoms with Crippen LogP contribution in [0.15, 0.2) is 24.5 Å². The number of imidazole rings is 1. The third kappa shape index (κ3) is 3.46. The lowest BCUT2D eigenvalue weighted by atomic mass is 9.84. The molecular weight excluding hydrogens is 405 g/mol. The zero-order chi connectivity index (χ0) is 21.8. The van der Waals surface area contributed by atoms with Gasteiger partial charge in [0, 0.05) is 24.2 Å². The van der Waals surface area contributed by atoms with Crippen LogP contribution < -0.4 is 0 Å². The van der Waals surface area contributed by atoms with E-state index in [0.717, 1.165) is 54.6 Å². The van der Waals surface area contributed by atoms with Crippen molar-refractivity contribution in [1.82, 2.24) is 34.1 Å².